The number of hydrogen-bond donors (Lipinski definition) is 0. The van der Waals surface area contributed by atoms with Crippen LogP contribution in [0.4, 0.5) is 0 Å². The fourth-order valence-corrected chi connectivity index (χ4v) is 6.80. The van der Waals surface area contributed by atoms with Crippen LogP contribution in [-0.2, 0) is 17.8 Å². The van der Waals surface area contributed by atoms with Crippen molar-refractivity contribution in [3.8, 4) is 0 Å². The molecule has 1 atom stereocenters. The average Bonchev–Trinajstić information content (AvgIpc) is 3.26. The lowest BCUT2D eigenvalue weighted by atomic mass is 10.0. The molecule has 0 bridgehead atoms. The van der Waals surface area contributed by atoms with Crippen molar-refractivity contribution in [3.63, 3.8) is 0 Å². The van der Waals surface area contributed by atoms with Crippen LogP contribution < -0.4 is 5.56 Å². The molecule has 34 heavy (non-hydrogen) atoms. The highest BCUT2D eigenvalue weighted by atomic mass is 32.2. The van der Waals surface area contributed by atoms with Gasteiger partial charge >= 0.3 is 0 Å². The van der Waals surface area contributed by atoms with Crippen molar-refractivity contribution < 1.29 is 4.79 Å². The van der Waals surface area contributed by atoms with Crippen LogP contribution in [0.5, 0.6) is 0 Å². The van der Waals surface area contributed by atoms with Gasteiger partial charge in [-0.1, -0.05) is 67.2 Å². The zero-order valence-corrected chi connectivity index (χ0v) is 21.0. The van der Waals surface area contributed by atoms with E-state index in [1.54, 1.807) is 4.57 Å². The molecule has 4 aromatic rings. The van der Waals surface area contributed by atoms with Gasteiger partial charge in [-0.25, -0.2) is 4.98 Å². The highest BCUT2D eigenvalue weighted by Gasteiger charge is 2.26. The minimum atomic E-state index is -0.0125. The molecule has 3 heterocycles. The molecule has 5 nitrogen and oxygen atoms in total. The smallest absolute Gasteiger partial charge is 0.272 e. The molecule has 0 saturated carbocycles. The Morgan fingerprint density at radius 3 is 2.74 bits per heavy atom. The molecule has 1 amide bonds. The molecule has 1 fully saturated rings. The van der Waals surface area contributed by atoms with Crippen LogP contribution >= 0.6 is 23.1 Å². The number of piperidine rings is 1. The Kier molecular flexibility index (Phi) is 7.02. The number of aryl methyl sites for hydroxylation is 1. The molecule has 2 aromatic carbocycles. The summed E-state index contributed by atoms with van der Waals surface area (Å²) in [5.74, 6) is 0.456. The summed E-state index contributed by atoms with van der Waals surface area (Å²) in [6.07, 6.45) is 5.07. The lowest BCUT2D eigenvalue weighted by Crippen LogP contribution is -2.44. The molecule has 0 N–H and O–H groups in total. The van der Waals surface area contributed by atoms with Gasteiger partial charge in [0.05, 0.1) is 11.3 Å². The van der Waals surface area contributed by atoms with Crippen LogP contribution in [0.15, 0.2) is 64.5 Å². The molecule has 0 spiro atoms. The highest BCUT2D eigenvalue weighted by molar-refractivity contribution is 7.99. The van der Waals surface area contributed by atoms with Crippen LogP contribution in [0.2, 0.25) is 0 Å². The normalized spacial score (nSPS) is 16.4. The minimum Gasteiger partial charge on any atom is -0.339 e. The lowest BCUT2D eigenvalue weighted by Gasteiger charge is -2.35. The number of thiophene rings is 1. The van der Waals surface area contributed by atoms with Gasteiger partial charge in [0, 0.05) is 29.2 Å². The first-order valence-corrected chi connectivity index (χ1v) is 13.8. The Labute approximate surface area is 207 Å². The third kappa shape index (κ3) is 4.64. The van der Waals surface area contributed by atoms with Gasteiger partial charge in [-0.15, -0.1) is 11.3 Å². The second-order valence-corrected chi connectivity index (χ2v) is 10.8. The molecule has 1 aliphatic rings. The zero-order valence-electron chi connectivity index (χ0n) is 19.4. The number of likely N-dealkylation sites (tertiary alicyclic amines) is 1. The van der Waals surface area contributed by atoms with Crippen LogP contribution in [0.1, 0.15) is 38.2 Å². The third-order valence-electron chi connectivity index (χ3n) is 6.66. The van der Waals surface area contributed by atoms with Gasteiger partial charge in [0.15, 0.2) is 5.16 Å². The maximum Gasteiger partial charge on any atom is 0.272 e. The molecule has 2 aromatic heterocycles. The first-order valence-electron chi connectivity index (χ1n) is 12.0. The predicted octanol–water partition coefficient (Wildman–Crippen LogP) is 5.74. The van der Waals surface area contributed by atoms with Crippen molar-refractivity contribution in [1.82, 2.24) is 14.5 Å². The van der Waals surface area contributed by atoms with Gasteiger partial charge in [-0.2, -0.15) is 0 Å². The summed E-state index contributed by atoms with van der Waals surface area (Å²) in [7, 11) is 0. The summed E-state index contributed by atoms with van der Waals surface area (Å²) in [4.78, 5) is 33.7. The standard InChI is InChI=1S/C27H29N3O2S2/c1-2-20-12-8-9-16-29(20)23(31)18-33-27-28-24-21-13-6-7-14-22(21)34-25(24)26(32)30(27)17-15-19-10-4-3-5-11-19/h3-7,10-11,13-14,20H,2,8-9,12,15-18H2,1H3/t20-/m1/s1. The first-order chi connectivity index (χ1) is 16.7. The molecular formula is C27H29N3O2S2. The van der Waals surface area contributed by atoms with E-state index >= 15 is 0 Å². The van der Waals surface area contributed by atoms with E-state index in [2.05, 4.69) is 19.1 Å². The summed E-state index contributed by atoms with van der Waals surface area (Å²) >= 11 is 2.91. The molecule has 176 valence electrons. The van der Waals surface area contributed by atoms with Crippen LogP contribution in [0.25, 0.3) is 20.3 Å². The van der Waals surface area contributed by atoms with E-state index in [1.807, 2.05) is 47.4 Å². The monoisotopic (exact) mass is 491 g/mol. The van der Waals surface area contributed by atoms with Gasteiger partial charge in [0.25, 0.3) is 5.56 Å². The average molecular weight is 492 g/mol. The molecular weight excluding hydrogens is 462 g/mol. The van der Waals surface area contributed by atoms with Crippen LogP contribution in [-0.4, -0.2) is 38.7 Å². The number of carbonyl (C=O) groups is 1. The quantitative estimate of drug-likeness (QED) is 0.244. The predicted molar refractivity (Wildman–Crippen MR) is 142 cm³/mol. The molecule has 1 aliphatic heterocycles. The topological polar surface area (TPSA) is 55.2 Å². The maximum absolute atomic E-state index is 13.6. The number of aromatic nitrogens is 2. The number of amides is 1. The van der Waals surface area contributed by atoms with Crippen LogP contribution in [0.3, 0.4) is 0 Å². The number of nitrogens with zero attached hydrogens (tertiary/aromatic N) is 3. The second-order valence-electron chi connectivity index (χ2n) is 8.80. The maximum atomic E-state index is 13.6. The molecule has 1 saturated heterocycles. The second kappa shape index (κ2) is 10.3. The van der Waals surface area contributed by atoms with Crippen molar-refractivity contribution in [1.29, 1.82) is 0 Å². The fraction of sp³-hybridized carbons (Fsp3) is 0.370. The van der Waals surface area contributed by atoms with E-state index in [9.17, 15) is 9.59 Å². The van der Waals surface area contributed by atoms with Gasteiger partial charge in [0.2, 0.25) is 5.91 Å². The fourth-order valence-electron chi connectivity index (χ4n) is 4.81. The van der Waals surface area contributed by atoms with Gasteiger partial charge < -0.3 is 4.90 Å². The number of benzene rings is 2. The Morgan fingerprint density at radius 1 is 1.12 bits per heavy atom. The number of hydrogen-bond acceptors (Lipinski definition) is 5. The number of fused-ring (bicyclic) bond motifs is 3. The summed E-state index contributed by atoms with van der Waals surface area (Å²) in [5.41, 5.74) is 1.92. The third-order valence-corrected chi connectivity index (χ3v) is 8.77. The number of rotatable bonds is 7. The first kappa shape index (κ1) is 23.1. The number of thioether (sulfide) groups is 1. The lowest BCUT2D eigenvalue weighted by molar-refractivity contribution is -0.132. The van der Waals surface area contributed by atoms with Gasteiger partial charge in [-0.3, -0.25) is 14.2 Å². The van der Waals surface area contributed by atoms with Gasteiger partial charge in [0.1, 0.15) is 4.70 Å². The largest absolute Gasteiger partial charge is 0.339 e. The van der Waals surface area contributed by atoms with E-state index < -0.39 is 0 Å². The Morgan fingerprint density at radius 2 is 1.91 bits per heavy atom. The van der Waals surface area contributed by atoms with Crippen molar-refractivity contribution in [2.75, 3.05) is 12.3 Å². The van der Waals surface area contributed by atoms with Gasteiger partial charge in [-0.05, 0) is 43.7 Å². The van der Waals surface area contributed by atoms with E-state index in [-0.39, 0.29) is 11.5 Å². The van der Waals surface area contributed by atoms with Crippen LogP contribution in [0, 0.1) is 0 Å². The van der Waals surface area contributed by atoms with Crippen molar-refractivity contribution in [2.24, 2.45) is 0 Å². The Balaban J connectivity index is 1.48. The van der Waals surface area contributed by atoms with Crippen molar-refractivity contribution in [2.45, 2.75) is 56.8 Å². The Bertz CT molecular complexity index is 1360. The summed E-state index contributed by atoms with van der Waals surface area (Å²) < 4.78 is 3.52. The van der Waals surface area contributed by atoms with E-state index in [1.165, 1.54) is 35.1 Å². The SMILES string of the molecule is CC[C@@H]1CCCCN1C(=O)CSc1nc2c(sc3ccccc32)c(=O)n1CCc1ccccc1. The molecule has 5 rings (SSSR count). The minimum absolute atomic E-state index is 0.0125. The summed E-state index contributed by atoms with van der Waals surface area (Å²) in [6, 6.07) is 18.5. The molecule has 0 aliphatic carbocycles. The highest BCUT2D eigenvalue weighted by Crippen LogP contribution is 2.32. The molecule has 7 heteroatoms. The zero-order chi connectivity index (χ0) is 23.5. The van der Waals surface area contributed by atoms with Crippen molar-refractivity contribution in [3.05, 3.63) is 70.5 Å². The van der Waals surface area contributed by atoms with E-state index in [0.717, 1.165) is 47.8 Å². The Hall–Kier alpha value is -2.64. The summed E-state index contributed by atoms with van der Waals surface area (Å²) in [5, 5.41) is 1.64. The summed E-state index contributed by atoms with van der Waals surface area (Å²) in [6.45, 7) is 3.53. The van der Waals surface area contributed by atoms with E-state index in [0.29, 0.717) is 28.2 Å². The van der Waals surface area contributed by atoms with Crippen molar-refractivity contribution >= 4 is 49.3 Å². The number of carbonyl (C=O) groups excluding carboxylic acids is 1. The molecule has 0 radical (unpaired) electrons. The molecule has 0 unspecified atom stereocenters. The van der Waals surface area contributed by atoms with E-state index in [4.69, 9.17) is 4.98 Å².